The van der Waals surface area contributed by atoms with Crippen molar-refractivity contribution >= 4 is 23.2 Å². The zero-order valence-corrected chi connectivity index (χ0v) is 14.7. The smallest absolute Gasteiger partial charge is 0.140 e. The Kier molecular flexibility index (Phi) is 4.31. The molecule has 0 saturated carbocycles. The lowest BCUT2D eigenvalue weighted by Crippen LogP contribution is -1.82. The van der Waals surface area contributed by atoms with E-state index in [1.54, 1.807) is 6.07 Å². The maximum atomic E-state index is 6.37. The van der Waals surface area contributed by atoms with Crippen molar-refractivity contribution in [2.45, 2.75) is 0 Å². The van der Waals surface area contributed by atoms with Crippen molar-refractivity contribution in [3.8, 4) is 33.9 Å². The summed E-state index contributed by atoms with van der Waals surface area (Å²) in [6, 6.07) is 25.7. The Labute approximate surface area is 156 Å². The van der Waals surface area contributed by atoms with Gasteiger partial charge in [-0.15, -0.1) is 0 Å². The molecule has 3 aromatic carbocycles. The normalized spacial score (nSPS) is 10.8. The highest BCUT2D eigenvalue weighted by molar-refractivity contribution is 6.36. The van der Waals surface area contributed by atoms with Gasteiger partial charge in [-0.3, -0.25) is 0 Å². The predicted molar refractivity (Wildman–Crippen MR) is 105 cm³/mol. The number of nitrogens with one attached hydrogen (secondary N) is 1. The SMILES string of the molecule is Clc1ccc(-c2nc(-c3ccccc3)c(-c3ccccc3)[nH]2)c(Cl)c1. The molecule has 1 heterocycles. The summed E-state index contributed by atoms with van der Waals surface area (Å²) in [5, 5.41) is 1.17. The molecule has 0 spiro atoms. The Bertz CT molecular complexity index is 952. The minimum atomic E-state index is 0.570. The summed E-state index contributed by atoms with van der Waals surface area (Å²) >= 11 is 12.4. The van der Waals surface area contributed by atoms with E-state index in [9.17, 15) is 0 Å². The van der Waals surface area contributed by atoms with Crippen LogP contribution in [-0.2, 0) is 0 Å². The lowest BCUT2D eigenvalue weighted by atomic mass is 10.1. The molecular formula is C21H14Cl2N2. The van der Waals surface area contributed by atoms with E-state index in [2.05, 4.69) is 29.2 Å². The van der Waals surface area contributed by atoms with Crippen molar-refractivity contribution in [2.75, 3.05) is 0 Å². The van der Waals surface area contributed by atoms with Crippen molar-refractivity contribution < 1.29 is 0 Å². The van der Waals surface area contributed by atoms with E-state index in [1.807, 2.05) is 48.5 Å². The third-order valence-corrected chi connectivity index (χ3v) is 4.55. The number of hydrogen-bond acceptors (Lipinski definition) is 1. The molecule has 1 aromatic heterocycles. The first-order valence-electron chi connectivity index (χ1n) is 7.88. The van der Waals surface area contributed by atoms with E-state index in [1.165, 1.54) is 0 Å². The summed E-state index contributed by atoms with van der Waals surface area (Å²) in [4.78, 5) is 8.27. The fourth-order valence-electron chi connectivity index (χ4n) is 2.80. The first kappa shape index (κ1) is 15.9. The van der Waals surface area contributed by atoms with Gasteiger partial charge >= 0.3 is 0 Å². The molecule has 0 radical (unpaired) electrons. The second kappa shape index (κ2) is 6.75. The molecule has 0 aliphatic heterocycles. The topological polar surface area (TPSA) is 28.7 Å². The molecule has 0 bridgehead atoms. The number of H-pyrrole nitrogens is 1. The molecule has 0 aliphatic carbocycles. The summed E-state index contributed by atoms with van der Waals surface area (Å²) in [6.07, 6.45) is 0. The minimum absolute atomic E-state index is 0.570. The first-order valence-corrected chi connectivity index (χ1v) is 8.64. The fourth-order valence-corrected chi connectivity index (χ4v) is 3.30. The van der Waals surface area contributed by atoms with E-state index < -0.39 is 0 Å². The minimum Gasteiger partial charge on any atom is -0.337 e. The predicted octanol–water partition coefficient (Wildman–Crippen LogP) is 6.72. The van der Waals surface area contributed by atoms with E-state index in [-0.39, 0.29) is 0 Å². The first-order chi connectivity index (χ1) is 12.2. The Balaban J connectivity index is 1.92. The van der Waals surface area contributed by atoms with Crippen LogP contribution in [0.25, 0.3) is 33.9 Å². The van der Waals surface area contributed by atoms with Crippen molar-refractivity contribution in [1.82, 2.24) is 9.97 Å². The highest BCUT2D eigenvalue weighted by Gasteiger charge is 2.16. The standard InChI is InChI=1S/C21H14Cl2N2/c22-16-11-12-17(18(23)13-16)21-24-19(14-7-3-1-4-8-14)20(25-21)15-9-5-2-6-10-15/h1-13H,(H,24,25). The molecule has 0 amide bonds. The van der Waals surface area contributed by atoms with Gasteiger partial charge in [-0.25, -0.2) is 4.98 Å². The second-order valence-corrected chi connectivity index (χ2v) is 6.51. The summed E-state index contributed by atoms with van der Waals surface area (Å²) in [5.41, 5.74) is 4.81. The molecule has 0 atom stereocenters. The molecule has 4 rings (SSSR count). The van der Waals surface area contributed by atoms with Crippen LogP contribution in [0.2, 0.25) is 10.0 Å². The molecule has 0 saturated heterocycles. The van der Waals surface area contributed by atoms with Crippen LogP contribution in [0.15, 0.2) is 78.9 Å². The van der Waals surface area contributed by atoms with Crippen molar-refractivity contribution in [3.63, 3.8) is 0 Å². The molecule has 25 heavy (non-hydrogen) atoms. The molecule has 0 aliphatic rings. The Morgan fingerprint density at radius 1 is 0.720 bits per heavy atom. The van der Waals surface area contributed by atoms with E-state index in [4.69, 9.17) is 28.2 Å². The van der Waals surface area contributed by atoms with Crippen LogP contribution in [-0.4, -0.2) is 9.97 Å². The van der Waals surface area contributed by atoms with Gasteiger partial charge in [-0.05, 0) is 18.2 Å². The number of aromatic nitrogens is 2. The van der Waals surface area contributed by atoms with E-state index in [0.29, 0.717) is 10.0 Å². The molecule has 0 unspecified atom stereocenters. The van der Waals surface area contributed by atoms with Gasteiger partial charge in [0, 0.05) is 21.7 Å². The quantitative estimate of drug-likeness (QED) is 0.429. The van der Waals surface area contributed by atoms with Crippen LogP contribution >= 0.6 is 23.2 Å². The molecular weight excluding hydrogens is 351 g/mol. The van der Waals surface area contributed by atoms with E-state index >= 15 is 0 Å². The van der Waals surface area contributed by atoms with Crippen LogP contribution in [0, 0.1) is 0 Å². The Morgan fingerprint density at radius 3 is 2.00 bits per heavy atom. The number of benzene rings is 3. The highest BCUT2D eigenvalue weighted by Crippen LogP contribution is 2.35. The molecule has 4 aromatic rings. The maximum Gasteiger partial charge on any atom is 0.140 e. The monoisotopic (exact) mass is 364 g/mol. The van der Waals surface area contributed by atoms with Gasteiger partial charge in [-0.1, -0.05) is 83.9 Å². The summed E-state index contributed by atoms with van der Waals surface area (Å²) in [5.74, 6) is 0.722. The lowest BCUT2D eigenvalue weighted by molar-refractivity contribution is 1.31. The summed E-state index contributed by atoms with van der Waals surface area (Å²) < 4.78 is 0. The number of imidazole rings is 1. The number of aromatic amines is 1. The number of rotatable bonds is 3. The summed E-state index contributed by atoms with van der Waals surface area (Å²) in [6.45, 7) is 0. The van der Waals surface area contributed by atoms with Gasteiger partial charge in [0.2, 0.25) is 0 Å². The van der Waals surface area contributed by atoms with Crippen LogP contribution in [0.1, 0.15) is 0 Å². The molecule has 2 nitrogen and oxygen atoms in total. The zero-order chi connectivity index (χ0) is 17.2. The lowest BCUT2D eigenvalue weighted by Gasteiger charge is -2.02. The van der Waals surface area contributed by atoms with Crippen LogP contribution in [0.4, 0.5) is 0 Å². The van der Waals surface area contributed by atoms with Gasteiger partial charge in [0.1, 0.15) is 5.82 Å². The van der Waals surface area contributed by atoms with Crippen molar-refractivity contribution in [3.05, 3.63) is 88.9 Å². The largest absolute Gasteiger partial charge is 0.337 e. The number of nitrogens with zero attached hydrogens (tertiary/aromatic N) is 1. The third-order valence-electron chi connectivity index (χ3n) is 4.00. The Morgan fingerprint density at radius 2 is 1.36 bits per heavy atom. The number of hydrogen-bond donors (Lipinski definition) is 1. The summed E-state index contributed by atoms with van der Waals surface area (Å²) in [7, 11) is 0. The third kappa shape index (κ3) is 3.19. The Hall–Kier alpha value is -2.55. The van der Waals surface area contributed by atoms with Crippen LogP contribution < -0.4 is 0 Å². The maximum absolute atomic E-state index is 6.37. The average Bonchev–Trinajstić information content (AvgIpc) is 3.08. The van der Waals surface area contributed by atoms with Crippen molar-refractivity contribution in [2.24, 2.45) is 0 Å². The second-order valence-electron chi connectivity index (χ2n) is 5.67. The zero-order valence-electron chi connectivity index (χ0n) is 13.2. The fraction of sp³-hybridized carbons (Fsp3) is 0. The van der Waals surface area contributed by atoms with Gasteiger partial charge < -0.3 is 4.98 Å². The van der Waals surface area contributed by atoms with E-state index in [0.717, 1.165) is 33.9 Å². The van der Waals surface area contributed by atoms with Gasteiger partial charge in [0.15, 0.2) is 0 Å². The van der Waals surface area contributed by atoms with Gasteiger partial charge in [0.25, 0.3) is 0 Å². The van der Waals surface area contributed by atoms with Gasteiger partial charge in [-0.2, -0.15) is 0 Å². The molecule has 1 N–H and O–H groups in total. The molecule has 122 valence electrons. The molecule has 4 heteroatoms. The van der Waals surface area contributed by atoms with Crippen molar-refractivity contribution in [1.29, 1.82) is 0 Å². The highest BCUT2D eigenvalue weighted by atomic mass is 35.5. The molecule has 0 fully saturated rings. The van der Waals surface area contributed by atoms with Gasteiger partial charge in [0.05, 0.1) is 16.4 Å². The van der Waals surface area contributed by atoms with Crippen LogP contribution in [0.3, 0.4) is 0 Å². The number of halogens is 2. The average molecular weight is 365 g/mol. The van der Waals surface area contributed by atoms with Crippen LogP contribution in [0.5, 0.6) is 0 Å².